The highest BCUT2D eigenvalue weighted by molar-refractivity contribution is 9.10. The Morgan fingerprint density at radius 2 is 2.00 bits per heavy atom. The molecule has 94 valence electrons. The minimum atomic E-state index is -0.331. The summed E-state index contributed by atoms with van der Waals surface area (Å²) in [7, 11) is 0. The fourth-order valence-corrected chi connectivity index (χ4v) is 2.19. The van der Waals surface area contributed by atoms with Crippen LogP contribution < -0.4 is 4.74 Å². The molecule has 0 saturated carbocycles. The lowest BCUT2D eigenvalue weighted by Gasteiger charge is -2.10. The highest BCUT2D eigenvalue weighted by Gasteiger charge is 2.06. The van der Waals surface area contributed by atoms with Gasteiger partial charge in [0.2, 0.25) is 0 Å². The van der Waals surface area contributed by atoms with E-state index in [0.717, 1.165) is 11.1 Å². The van der Waals surface area contributed by atoms with Gasteiger partial charge in [0, 0.05) is 11.9 Å². The van der Waals surface area contributed by atoms with Crippen molar-refractivity contribution in [3.63, 3.8) is 0 Å². The lowest BCUT2D eigenvalue weighted by molar-refractivity contribution is 0.473. The summed E-state index contributed by atoms with van der Waals surface area (Å²) in [5.74, 6) is 1.25. The zero-order valence-corrected chi connectivity index (χ0v) is 12.1. The molecule has 0 aliphatic rings. The maximum atomic E-state index is 13.1. The van der Waals surface area contributed by atoms with Crippen molar-refractivity contribution in [2.45, 2.75) is 12.8 Å². The van der Waals surface area contributed by atoms with Gasteiger partial charge in [0.05, 0.1) is 4.47 Å². The van der Waals surface area contributed by atoms with Crippen molar-refractivity contribution in [1.29, 1.82) is 0 Å². The minimum absolute atomic E-state index is 0.331. The molecule has 2 aromatic rings. The summed E-state index contributed by atoms with van der Waals surface area (Å²) in [6.45, 7) is 1.96. The summed E-state index contributed by atoms with van der Waals surface area (Å²) >= 11 is 9.11. The van der Waals surface area contributed by atoms with Crippen molar-refractivity contribution in [2.75, 3.05) is 0 Å². The van der Waals surface area contributed by atoms with Crippen LogP contribution in [0.3, 0.4) is 0 Å². The first-order valence-electron chi connectivity index (χ1n) is 5.38. The Morgan fingerprint density at radius 3 is 2.67 bits per heavy atom. The Hall–Kier alpha value is -1.06. The van der Waals surface area contributed by atoms with Crippen LogP contribution in [0.25, 0.3) is 0 Å². The molecule has 0 atom stereocenters. The molecule has 0 fully saturated rings. The lowest BCUT2D eigenvalue weighted by Crippen LogP contribution is -1.90. The Labute approximate surface area is 119 Å². The first-order valence-corrected chi connectivity index (χ1v) is 6.71. The monoisotopic (exact) mass is 328 g/mol. The summed E-state index contributed by atoms with van der Waals surface area (Å²) in [5.41, 5.74) is 2.11. The molecule has 0 aliphatic heterocycles. The Morgan fingerprint density at radius 1 is 1.22 bits per heavy atom. The number of rotatable bonds is 3. The zero-order chi connectivity index (χ0) is 13.1. The molecular formula is C14H11BrClFO. The standard InChI is InChI=1S/C14H11BrClFO/c1-9-6-12(4-2-10(9)8-16)18-14-7-11(17)3-5-13(14)15/h2-7H,8H2,1H3. The van der Waals surface area contributed by atoms with Gasteiger partial charge in [-0.2, -0.15) is 0 Å². The van der Waals surface area contributed by atoms with Crippen LogP contribution >= 0.6 is 27.5 Å². The molecule has 0 spiro atoms. The minimum Gasteiger partial charge on any atom is -0.456 e. The van der Waals surface area contributed by atoms with E-state index >= 15 is 0 Å². The second kappa shape index (κ2) is 5.72. The summed E-state index contributed by atoms with van der Waals surface area (Å²) in [6.07, 6.45) is 0. The van der Waals surface area contributed by atoms with Gasteiger partial charge in [0.25, 0.3) is 0 Å². The first-order chi connectivity index (χ1) is 8.60. The van der Waals surface area contributed by atoms with E-state index in [0.29, 0.717) is 21.9 Å². The van der Waals surface area contributed by atoms with Gasteiger partial charge in [-0.15, -0.1) is 11.6 Å². The maximum Gasteiger partial charge on any atom is 0.144 e. The second-order valence-corrected chi connectivity index (χ2v) is 5.02. The van der Waals surface area contributed by atoms with Gasteiger partial charge in [-0.25, -0.2) is 4.39 Å². The predicted molar refractivity (Wildman–Crippen MR) is 74.9 cm³/mol. The largest absolute Gasteiger partial charge is 0.456 e. The molecule has 2 aromatic carbocycles. The third-order valence-electron chi connectivity index (χ3n) is 2.58. The number of hydrogen-bond acceptors (Lipinski definition) is 1. The van der Waals surface area contributed by atoms with E-state index in [2.05, 4.69) is 15.9 Å². The molecule has 0 unspecified atom stereocenters. The Bertz CT molecular complexity index is 572. The molecule has 0 aliphatic carbocycles. The van der Waals surface area contributed by atoms with E-state index in [1.165, 1.54) is 12.1 Å². The molecule has 0 bridgehead atoms. The molecule has 0 saturated heterocycles. The lowest BCUT2D eigenvalue weighted by atomic mass is 10.1. The number of hydrogen-bond donors (Lipinski definition) is 0. The summed E-state index contributed by atoms with van der Waals surface area (Å²) in [6, 6.07) is 9.94. The fraction of sp³-hybridized carbons (Fsp3) is 0.143. The molecule has 0 aromatic heterocycles. The van der Waals surface area contributed by atoms with Gasteiger partial charge in [0.15, 0.2) is 0 Å². The number of alkyl halides is 1. The van der Waals surface area contributed by atoms with E-state index < -0.39 is 0 Å². The second-order valence-electron chi connectivity index (χ2n) is 3.90. The number of halogens is 3. The van der Waals surface area contributed by atoms with Crippen LogP contribution in [0.4, 0.5) is 4.39 Å². The zero-order valence-electron chi connectivity index (χ0n) is 9.71. The van der Waals surface area contributed by atoms with Crippen molar-refractivity contribution in [3.05, 3.63) is 57.8 Å². The van der Waals surface area contributed by atoms with E-state index in [-0.39, 0.29) is 5.82 Å². The average Bonchev–Trinajstić information content (AvgIpc) is 2.34. The van der Waals surface area contributed by atoms with Crippen LogP contribution in [-0.4, -0.2) is 0 Å². The highest BCUT2D eigenvalue weighted by Crippen LogP contribution is 2.31. The molecule has 2 rings (SSSR count). The van der Waals surface area contributed by atoms with Crippen LogP contribution in [0, 0.1) is 12.7 Å². The summed E-state index contributed by atoms with van der Waals surface area (Å²) < 4.78 is 19.5. The normalized spacial score (nSPS) is 10.4. The molecule has 0 amide bonds. The van der Waals surface area contributed by atoms with E-state index in [9.17, 15) is 4.39 Å². The molecule has 18 heavy (non-hydrogen) atoms. The van der Waals surface area contributed by atoms with Gasteiger partial charge in [0.1, 0.15) is 17.3 Å². The Kier molecular flexibility index (Phi) is 4.25. The van der Waals surface area contributed by atoms with Gasteiger partial charge in [-0.1, -0.05) is 6.07 Å². The van der Waals surface area contributed by atoms with Crippen molar-refractivity contribution in [2.24, 2.45) is 0 Å². The molecule has 0 N–H and O–H groups in total. The highest BCUT2D eigenvalue weighted by atomic mass is 79.9. The molecule has 4 heteroatoms. The third-order valence-corrected chi connectivity index (χ3v) is 3.52. The first kappa shape index (κ1) is 13.4. The quantitative estimate of drug-likeness (QED) is 0.682. The fourth-order valence-electron chi connectivity index (χ4n) is 1.56. The van der Waals surface area contributed by atoms with Crippen LogP contribution in [0.5, 0.6) is 11.5 Å². The van der Waals surface area contributed by atoms with Crippen LogP contribution in [-0.2, 0) is 5.88 Å². The number of benzene rings is 2. The molecule has 0 heterocycles. The van der Waals surface area contributed by atoms with E-state index in [1.807, 2.05) is 25.1 Å². The van der Waals surface area contributed by atoms with Crippen LogP contribution in [0.2, 0.25) is 0 Å². The molecule has 0 radical (unpaired) electrons. The maximum absolute atomic E-state index is 13.1. The summed E-state index contributed by atoms with van der Waals surface area (Å²) in [4.78, 5) is 0. The van der Waals surface area contributed by atoms with Crippen molar-refractivity contribution >= 4 is 27.5 Å². The number of aryl methyl sites for hydroxylation is 1. The van der Waals surface area contributed by atoms with Crippen molar-refractivity contribution in [3.8, 4) is 11.5 Å². The molecule has 1 nitrogen and oxygen atoms in total. The number of ether oxygens (including phenoxy) is 1. The Balaban J connectivity index is 2.28. The SMILES string of the molecule is Cc1cc(Oc2cc(F)ccc2Br)ccc1CCl. The van der Waals surface area contributed by atoms with Crippen LogP contribution in [0.15, 0.2) is 40.9 Å². The van der Waals surface area contributed by atoms with Gasteiger partial charge in [-0.05, 0) is 58.2 Å². The van der Waals surface area contributed by atoms with E-state index in [1.54, 1.807) is 6.07 Å². The third kappa shape index (κ3) is 3.03. The summed E-state index contributed by atoms with van der Waals surface area (Å²) in [5, 5.41) is 0. The van der Waals surface area contributed by atoms with Crippen molar-refractivity contribution in [1.82, 2.24) is 0 Å². The van der Waals surface area contributed by atoms with Crippen molar-refractivity contribution < 1.29 is 9.13 Å². The molecular weight excluding hydrogens is 319 g/mol. The predicted octanol–water partition coefficient (Wildman–Crippen LogP) is 5.43. The topological polar surface area (TPSA) is 9.23 Å². The smallest absolute Gasteiger partial charge is 0.144 e. The van der Waals surface area contributed by atoms with E-state index in [4.69, 9.17) is 16.3 Å². The van der Waals surface area contributed by atoms with Gasteiger partial charge < -0.3 is 4.74 Å². The average molecular weight is 330 g/mol. The van der Waals surface area contributed by atoms with Gasteiger partial charge in [-0.3, -0.25) is 0 Å². The van der Waals surface area contributed by atoms with Crippen LogP contribution in [0.1, 0.15) is 11.1 Å². The van der Waals surface area contributed by atoms with Gasteiger partial charge >= 0.3 is 0 Å².